The Morgan fingerprint density at radius 3 is 2.95 bits per heavy atom. The first-order valence-electron chi connectivity index (χ1n) is 6.95. The topological polar surface area (TPSA) is 58.6 Å². The Labute approximate surface area is 123 Å². The fraction of sp³-hybridized carbons (Fsp3) is 0.533. The molecule has 2 N–H and O–H groups in total. The Morgan fingerprint density at radius 1 is 1.50 bits per heavy atom. The Bertz CT molecular complexity index is 478. The Hall–Kier alpha value is -1.36. The van der Waals surface area contributed by atoms with E-state index in [4.69, 9.17) is 4.74 Å². The molecule has 0 radical (unpaired) electrons. The van der Waals surface area contributed by atoms with E-state index < -0.39 is 0 Å². The van der Waals surface area contributed by atoms with Crippen LogP contribution in [-0.4, -0.2) is 35.2 Å². The molecule has 1 aliphatic carbocycles. The van der Waals surface area contributed by atoms with Gasteiger partial charge in [-0.05, 0) is 30.7 Å². The van der Waals surface area contributed by atoms with Gasteiger partial charge in [-0.1, -0.05) is 13.3 Å². The van der Waals surface area contributed by atoms with E-state index in [1.54, 1.807) is 12.1 Å². The molecule has 1 aromatic rings. The molecule has 20 heavy (non-hydrogen) atoms. The Balaban J connectivity index is 2.04. The molecule has 2 rings (SSSR count). The first kappa shape index (κ1) is 15.0. The fourth-order valence-corrected chi connectivity index (χ4v) is 3.78. The zero-order valence-corrected chi connectivity index (χ0v) is 12.7. The van der Waals surface area contributed by atoms with Gasteiger partial charge < -0.3 is 15.2 Å². The van der Waals surface area contributed by atoms with Gasteiger partial charge in [0.25, 0.3) is 5.91 Å². The highest BCUT2D eigenvalue weighted by molar-refractivity contribution is 7.99. The third kappa shape index (κ3) is 3.39. The van der Waals surface area contributed by atoms with E-state index in [2.05, 4.69) is 12.2 Å². The van der Waals surface area contributed by atoms with Crippen LogP contribution in [0.25, 0.3) is 0 Å². The van der Waals surface area contributed by atoms with Gasteiger partial charge in [0, 0.05) is 17.4 Å². The van der Waals surface area contributed by atoms with Gasteiger partial charge in [-0.2, -0.15) is 11.8 Å². The fourth-order valence-electron chi connectivity index (χ4n) is 2.58. The van der Waals surface area contributed by atoms with Crippen LogP contribution in [-0.2, 0) is 0 Å². The second-order valence-electron chi connectivity index (χ2n) is 4.89. The molecule has 1 aromatic carbocycles. The maximum Gasteiger partial charge on any atom is 0.255 e. The molecule has 110 valence electrons. The lowest BCUT2D eigenvalue weighted by Gasteiger charge is -2.20. The number of carbonyl (C=O) groups is 1. The van der Waals surface area contributed by atoms with E-state index in [0.29, 0.717) is 16.6 Å². The highest BCUT2D eigenvalue weighted by atomic mass is 32.2. The number of methoxy groups -OCH3 is 1. The number of benzene rings is 1. The summed E-state index contributed by atoms with van der Waals surface area (Å²) in [5, 5.41) is 13.4. The normalized spacial score (nSPS) is 21.7. The average molecular weight is 295 g/mol. The predicted octanol–water partition coefficient (Wildman–Crippen LogP) is 2.80. The largest absolute Gasteiger partial charge is 0.507 e. The summed E-state index contributed by atoms with van der Waals surface area (Å²) in [5.41, 5.74) is 0.304. The second-order valence-corrected chi connectivity index (χ2v) is 6.40. The minimum Gasteiger partial charge on any atom is -0.507 e. The molecular formula is C15H21NO3S. The van der Waals surface area contributed by atoms with Crippen LogP contribution >= 0.6 is 11.8 Å². The van der Waals surface area contributed by atoms with Crippen LogP contribution in [0.2, 0.25) is 0 Å². The first-order chi connectivity index (χ1) is 9.65. The summed E-state index contributed by atoms with van der Waals surface area (Å²) < 4.78 is 5.02. The smallest absolute Gasteiger partial charge is 0.255 e. The van der Waals surface area contributed by atoms with Crippen molar-refractivity contribution in [3.8, 4) is 11.5 Å². The van der Waals surface area contributed by atoms with Crippen molar-refractivity contribution in [2.75, 3.05) is 12.9 Å². The van der Waals surface area contributed by atoms with E-state index in [9.17, 15) is 9.90 Å². The van der Waals surface area contributed by atoms with Gasteiger partial charge in [-0.3, -0.25) is 4.79 Å². The molecule has 1 amide bonds. The minimum atomic E-state index is -0.209. The number of carbonyl (C=O) groups excluding carboxylic acids is 1. The van der Waals surface area contributed by atoms with Crippen molar-refractivity contribution in [2.45, 2.75) is 37.5 Å². The van der Waals surface area contributed by atoms with Crippen molar-refractivity contribution in [1.82, 2.24) is 5.32 Å². The zero-order chi connectivity index (χ0) is 14.5. The number of rotatable bonds is 5. The van der Waals surface area contributed by atoms with Crippen LogP contribution in [0.3, 0.4) is 0 Å². The number of thioether (sulfide) groups is 1. The van der Waals surface area contributed by atoms with Crippen molar-refractivity contribution in [3.05, 3.63) is 23.8 Å². The Morgan fingerprint density at radius 2 is 2.30 bits per heavy atom. The molecule has 1 saturated carbocycles. The third-order valence-electron chi connectivity index (χ3n) is 3.60. The Kier molecular flexibility index (Phi) is 5.17. The number of ether oxygens (including phenoxy) is 1. The van der Waals surface area contributed by atoms with Crippen molar-refractivity contribution in [2.24, 2.45) is 0 Å². The van der Waals surface area contributed by atoms with Crippen LogP contribution < -0.4 is 10.1 Å². The van der Waals surface area contributed by atoms with Crippen molar-refractivity contribution >= 4 is 17.7 Å². The number of hydrogen-bond donors (Lipinski definition) is 2. The molecule has 0 spiro atoms. The summed E-state index contributed by atoms with van der Waals surface area (Å²) in [4.78, 5) is 12.2. The lowest BCUT2D eigenvalue weighted by Crippen LogP contribution is -2.38. The molecule has 0 aliphatic heterocycles. The maximum absolute atomic E-state index is 12.2. The highest BCUT2D eigenvalue weighted by Crippen LogP contribution is 2.30. The van der Waals surface area contributed by atoms with Gasteiger partial charge in [0.05, 0.1) is 12.7 Å². The average Bonchev–Trinajstić information content (AvgIpc) is 2.86. The minimum absolute atomic E-state index is 0.0421. The summed E-state index contributed by atoms with van der Waals surface area (Å²) >= 11 is 1.90. The number of amides is 1. The predicted molar refractivity (Wildman–Crippen MR) is 81.7 cm³/mol. The third-order valence-corrected chi connectivity index (χ3v) is 4.93. The maximum atomic E-state index is 12.2. The number of aromatic hydroxyl groups is 1. The summed E-state index contributed by atoms with van der Waals surface area (Å²) in [6.07, 6.45) is 3.32. The van der Waals surface area contributed by atoms with Gasteiger partial charge in [0.1, 0.15) is 11.5 Å². The van der Waals surface area contributed by atoms with E-state index in [0.717, 1.165) is 25.0 Å². The zero-order valence-electron chi connectivity index (χ0n) is 11.9. The summed E-state index contributed by atoms with van der Waals surface area (Å²) in [5.74, 6) is 1.35. The SMILES string of the molecule is CCSC1CCCC1NC(=O)c1ccc(OC)cc1O. The molecule has 1 fully saturated rings. The van der Waals surface area contributed by atoms with Crippen molar-refractivity contribution < 1.29 is 14.6 Å². The second kappa shape index (κ2) is 6.88. The molecule has 0 saturated heterocycles. The molecule has 5 heteroatoms. The molecule has 0 heterocycles. The van der Waals surface area contributed by atoms with Crippen LogP contribution in [0.1, 0.15) is 36.5 Å². The van der Waals surface area contributed by atoms with Gasteiger partial charge >= 0.3 is 0 Å². The molecule has 2 unspecified atom stereocenters. The molecule has 1 aliphatic rings. The lowest BCUT2D eigenvalue weighted by molar-refractivity contribution is 0.0936. The van der Waals surface area contributed by atoms with Crippen LogP contribution in [0.4, 0.5) is 0 Å². The quantitative estimate of drug-likeness (QED) is 0.877. The number of nitrogens with one attached hydrogen (secondary N) is 1. The van der Waals surface area contributed by atoms with E-state index >= 15 is 0 Å². The number of phenols is 1. The van der Waals surface area contributed by atoms with Crippen LogP contribution in [0, 0.1) is 0 Å². The first-order valence-corrected chi connectivity index (χ1v) is 8.00. The van der Waals surface area contributed by atoms with Crippen LogP contribution in [0.5, 0.6) is 11.5 Å². The van der Waals surface area contributed by atoms with E-state index in [1.165, 1.54) is 13.2 Å². The molecule has 0 bridgehead atoms. The van der Waals surface area contributed by atoms with E-state index in [-0.39, 0.29) is 17.7 Å². The highest BCUT2D eigenvalue weighted by Gasteiger charge is 2.29. The summed E-state index contributed by atoms with van der Waals surface area (Å²) in [6.45, 7) is 2.14. The van der Waals surface area contributed by atoms with Crippen molar-refractivity contribution in [3.63, 3.8) is 0 Å². The monoisotopic (exact) mass is 295 g/mol. The molecule has 4 nitrogen and oxygen atoms in total. The molecule has 0 aromatic heterocycles. The summed E-state index contributed by atoms with van der Waals surface area (Å²) in [7, 11) is 1.53. The van der Waals surface area contributed by atoms with E-state index in [1.807, 2.05) is 11.8 Å². The number of hydrogen-bond acceptors (Lipinski definition) is 4. The molecule has 2 atom stereocenters. The number of phenolic OH excluding ortho intramolecular Hbond substituents is 1. The van der Waals surface area contributed by atoms with Crippen LogP contribution in [0.15, 0.2) is 18.2 Å². The lowest BCUT2D eigenvalue weighted by atomic mass is 10.1. The van der Waals surface area contributed by atoms with Gasteiger partial charge in [-0.25, -0.2) is 0 Å². The van der Waals surface area contributed by atoms with Crippen molar-refractivity contribution in [1.29, 1.82) is 0 Å². The summed E-state index contributed by atoms with van der Waals surface area (Å²) in [6, 6.07) is 4.94. The molecular weight excluding hydrogens is 274 g/mol. The standard InChI is InChI=1S/C15H21NO3S/c1-3-20-14-6-4-5-12(14)16-15(18)11-8-7-10(19-2)9-13(11)17/h7-9,12,14,17H,3-6H2,1-2H3,(H,16,18). The van der Waals surface area contributed by atoms with Gasteiger partial charge in [0.15, 0.2) is 0 Å². The van der Waals surface area contributed by atoms with Gasteiger partial charge in [0.2, 0.25) is 0 Å². The van der Waals surface area contributed by atoms with Gasteiger partial charge in [-0.15, -0.1) is 0 Å².